The molecule has 0 aromatic carbocycles. The third-order valence-electron chi connectivity index (χ3n) is 5.60. The van der Waals surface area contributed by atoms with Crippen molar-refractivity contribution in [3.05, 3.63) is 12.2 Å². The Bertz CT molecular complexity index is 571. The highest BCUT2D eigenvalue weighted by Crippen LogP contribution is 2.30. The molecule has 1 heterocycles. The van der Waals surface area contributed by atoms with Gasteiger partial charge in [-0.1, -0.05) is 20.3 Å². The highest BCUT2D eigenvalue weighted by molar-refractivity contribution is 6.12. The Morgan fingerprint density at radius 3 is 2.26 bits per heavy atom. The lowest BCUT2D eigenvalue weighted by molar-refractivity contribution is -0.138. The van der Waals surface area contributed by atoms with Gasteiger partial charge in [-0.25, -0.2) is 0 Å². The molecule has 1 N–H and O–H groups in total. The Hall–Kier alpha value is -1.98. The van der Waals surface area contributed by atoms with Crippen LogP contribution in [0.4, 0.5) is 0 Å². The van der Waals surface area contributed by atoms with Crippen molar-refractivity contribution >= 4 is 23.5 Å². The minimum absolute atomic E-state index is 0.0341. The molecular formula is C21H32N2O4. The average Bonchev–Trinajstić information content (AvgIpc) is 2.96. The topological polar surface area (TPSA) is 83.6 Å². The molecule has 0 spiro atoms. The number of unbranched alkanes of at least 4 members (excludes halogenated alkanes) is 2. The first-order chi connectivity index (χ1) is 12.9. The van der Waals surface area contributed by atoms with E-state index in [0.717, 1.165) is 44.9 Å². The third-order valence-corrected chi connectivity index (χ3v) is 5.60. The lowest BCUT2D eigenvalue weighted by atomic mass is 9.81. The van der Waals surface area contributed by atoms with Gasteiger partial charge in [0.15, 0.2) is 0 Å². The minimum Gasteiger partial charge on any atom is -0.356 e. The van der Waals surface area contributed by atoms with E-state index in [4.69, 9.17) is 0 Å². The molecule has 0 aromatic heterocycles. The van der Waals surface area contributed by atoms with E-state index in [2.05, 4.69) is 5.32 Å². The highest BCUT2D eigenvalue weighted by atomic mass is 16.2. The number of ketones is 1. The Kier molecular flexibility index (Phi) is 8.20. The van der Waals surface area contributed by atoms with E-state index in [1.54, 1.807) is 0 Å². The Morgan fingerprint density at radius 2 is 1.67 bits per heavy atom. The largest absolute Gasteiger partial charge is 0.356 e. The van der Waals surface area contributed by atoms with Crippen LogP contribution in [0, 0.1) is 17.8 Å². The molecule has 1 fully saturated rings. The van der Waals surface area contributed by atoms with Crippen LogP contribution < -0.4 is 5.32 Å². The molecular weight excluding hydrogens is 344 g/mol. The maximum absolute atomic E-state index is 12.3. The molecule has 0 bridgehead atoms. The van der Waals surface area contributed by atoms with Crippen molar-refractivity contribution in [1.82, 2.24) is 10.2 Å². The third kappa shape index (κ3) is 6.60. The first-order valence-electron chi connectivity index (χ1n) is 10.2. The molecule has 6 nitrogen and oxygen atoms in total. The fourth-order valence-electron chi connectivity index (χ4n) is 3.72. The molecule has 0 unspecified atom stereocenters. The number of carbonyl (C=O) groups is 4. The van der Waals surface area contributed by atoms with Crippen LogP contribution >= 0.6 is 0 Å². The zero-order valence-corrected chi connectivity index (χ0v) is 16.5. The number of nitrogens with zero attached hydrogens (tertiary/aromatic N) is 1. The summed E-state index contributed by atoms with van der Waals surface area (Å²) in [6, 6.07) is 0. The van der Waals surface area contributed by atoms with E-state index in [1.165, 1.54) is 17.1 Å². The van der Waals surface area contributed by atoms with E-state index in [1.807, 2.05) is 13.8 Å². The number of Topliss-reactive ketones (excluding diaryl/α,β-unsaturated/α-hetero) is 1. The quantitative estimate of drug-likeness (QED) is 0.469. The molecule has 0 aromatic rings. The van der Waals surface area contributed by atoms with Crippen LogP contribution in [-0.2, 0) is 19.2 Å². The molecule has 2 rings (SSSR count). The summed E-state index contributed by atoms with van der Waals surface area (Å²) < 4.78 is 0. The molecule has 27 heavy (non-hydrogen) atoms. The lowest BCUT2D eigenvalue weighted by Crippen LogP contribution is -2.38. The second kappa shape index (κ2) is 10.4. The Balaban J connectivity index is 1.56. The minimum atomic E-state index is -0.227. The molecule has 2 aliphatic rings. The van der Waals surface area contributed by atoms with Gasteiger partial charge in [0.05, 0.1) is 0 Å². The first-order valence-corrected chi connectivity index (χ1v) is 10.2. The Labute approximate surface area is 161 Å². The van der Waals surface area contributed by atoms with Crippen LogP contribution in [0.5, 0.6) is 0 Å². The molecule has 0 radical (unpaired) electrons. The normalized spacial score (nSPS) is 22.6. The lowest BCUT2D eigenvalue weighted by Gasteiger charge is -2.30. The predicted molar refractivity (Wildman–Crippen MR) is 103 cm³/mol. The summed E-state index contributed by atoms with van der Waals surface area (Å²) in [5, 5.41) is 3.01. The average molecular weight is 376 g/mol. The van der Waals surface area contributed by atoms with Crippen molar-refractivity contribution in [3.8, 4) is 0 Å². The standard InChI is InChI=1S/C21H32N2O4/c1-15(2)18(24)6-4-3-5-13-22-21(27)17-9-7-16(8-10-17)14-23-19(25)11-12-20(23)26/h11-12,15-17H,3-10,13-14H2,1-2H3,(H,22,27). The number of rotatable bonds is 10. The molecule has 1 aliphatic heterocycles. The molecule has 6 heteroatoms. The van der Waals surface area contributed by atoms with Crippen molar-refractivity contribution in [2.24, 2.45) is 17.8 Å². The van der Waals surface area contributed by atoms with Gasteiger partial charge in [0.2, 0.25) is 5.91 Å². The van der Waals surface area contributed by atoms with Crippen molar-refractivity contribution in [2.45, 2.75) is 65.2 Å². The second-order valence-electron chi connectivity index (χ2n) is 8.06. The van der Waals surface area contributed by atoms with Gasteiger partial charge >= 0.3 is 0 Å². The highest BCUT2D eigenvalue weighted by Gasteiger charge is 2.31. The summed E-state index contributed by atoms with van der Waals surface area (Å²) in [5.41, 5.74) is 0. The van der Waals surface area contributed by atoms with Crippen molar-refractivity contribution in [1.29, 1.82) is 0 Å². The number of hydrogen-bond donors (Lipinski definition) is 1. The molecule has 1 aliphatic carbocycles. The maximum Gasteiger partial charge on any atom is 0.253 e. The van der Waals surface area contributed by atoms with E-state index in [-0.39, 0.29) is 29.6 Å². The van der Waals surface area contributed by atoms with E-state index in [0.29, 0.717) is 31.2 Å². The fourth-order valence-corrected chi connectivity index (χ4v) is 3.72. The van der Waals surface area contributed by atoms with Gasteiger partial charge < -0.3 is 5.32 Å². The molecule has 0 saturated heterocycles. The summed E-state index contributed by atoms with van der Waals surface area (Å²) in [7, 11) is 0. The fraction of sp³-hybridized carbons (Fsp3) is 0.714. The monoisotopic (exact) mass is 376 g/mol. The van der Waals surface area contributed by atoms with E-state index < -0.39 is 0 Å². The zero-order valence-electron chi connectivity index (χ0n) is 16.5. The SMILES string of the molecule is CC(C)C(=O)CCCCCNC(=O)C1CCC(CN2C(=O)C=CC2=O)CC1. The molecule has 150 valence electrons. The van der Waals surface area contributed by atoms with Gasteiger partial charge in [-0.3, -0.25) is 24.1 Å². The van der Waals surface area contributed by atoms with Gasteiger partial charge in [0.25, 0.3) is 11.8 Å². The van der Waals surface area contributed by atoms with Gasteiger partial charge in [-0.15, -0.1) is 0 Å². The number of hydrogen-bond acceptors (Lipinski definition) is 4. The summed E-state index contributed by atoms with van der Waals surface area (Å²) in [6.45, 7) is 4.98. The number of amides is 3. The van der Waals surface area contributed by atoms with Crippen LogP contribution in [0.15, 0.2) is 12.2 Å². The number of imide groups is 1. The first kappa shape index (κ1) is 21.3. The summed E-state index contributed by atoms with van der Waals surface area (Å²) >= 11 is 0. The van der Waals surface area contributed by atoms with Gasteiger partial charge in [0.1, 0.15) is 5.78 Å². The van der Waals surface area contributed by atoms with Gasteiger partial charge in [-0.05, 0) is 44.4 Å². The van der Waals surface area contributed by atoms with E-state index >= 15 is 0 Å². The van der Waals surface area contributed by atoms with Crippen LogP contribution in [0.3, 0.4) is 0 Å². The van der Waals surface area contributed by atoms with Crippen molar-refractivity contribution in [3.63, 3.8) is 0 Å². The smallest absolute Gasteiger partial charge is 0.253 e. The predicted octanol–water partition coefficient (Wildman–Crippen LogP) is 2.62. The Morgan fingerprint density at radius 1 is 1.04 bits per heavy atom. The number of nitrogens with one attached hydrogen (secondary N) is 1. The molecule has 0 atom stereocenters. The van der Waals surface area contributed by atoms with Crippen LogP contribution in [0.2, 0.25) is 0 Å². The summed E-state index contributed by atoms with van der Waals surface area (Å²) in [5.74, 6) is 0.403. The van der Waals surface area contributed by atoms with Gasteiger partial charge in [0, 0.05) is 43.5 Å². The van der Waals surface area contributed by atoms with Crippen LogP contribution in [0.1, 0.15) is 65.2 Å². The summed E-state index contributed by atoms with van der Waals surface area (Å²) in [4.78, 5) is 48.4. The summed E-state index contributed by atoms with van der Waals surface area (Å²) in [6.07, 6.45) is 9.37. The number of carbonyl (C=O) groups excluding carboxylic acids is 4. The van der Waals surface area contributed by atoms with Crippen molar-refractivity contribution in [2.75, 3.05) is 13.1 Å². The maximum atomic E-state index is 12.3. The van der Waals surface area contributed by atoms with Gasteiger partial charge in [-0.2, -0.15) is 0 Å². The second-order valence-corrected chi connectivity index (χ2v) is 8.06. The zero-order chi connectivity index (χ0) is 19.8. The van der Waals surface area contributed by atoms with Crippen molar-refractivity contribution < 1.29 is 19.2 Å². The van der Waals surface area contributed by atoms with E-state index in [9.17, 15) is 19.2 Å². The van der Waals surface area contributed by atoms with Crippen LogP contribution in [0.25, 0.3) is 0 Å². The molecule has 3 amide bonds. The molecule has 1 saturated carbocycles. The van der Waals surface area contributed by atoms with Crippen LogP contribution in [-0.4, -0.2) is 41.5 Å².